The van der Waals surface area contributed by atoms with Gasteiger partial charge in [0.05, 0.1) is 25.8 Å². The fourth-order valence-corrected chi connectivity index (χ4v) is 6.19. The smallest absolute Gasteiger partial charge is 0.136 e. The third-order valence-corrected chi connectivity index (χ3v) is 8.88. The highest BCUT2D eigenvalue weighted by Crippen LogP contribution is 2.44. The van der Waals surface area contributed by atoms with E-state index in [4.69, 9.17) is 16.3 Å². The number of hydrogen-bond donors (Lipinski definition) is 1. The molecule has 1 fully saturated rings. The minimum atomic E-state index is -1.25. The molecule has 1 aromatic rings. The molecule has 2 rings (SSSR count). The average Bonchev–Trinajstić information content (AvgIpc) is 2.92. The highest BCUT2D eigenvalue weighted by molar-refractivity contribution is 9.11. The molecule has 0 radical (unpaired) electrons. The number of thiophene rings is 1. The number of hydrogen-bond acceptors (Lipinski definition) is 5. The summed E-state index contributed by atoms with van der Waals surface area (Å²) < 4.78 is 22.1. The molecule has 2 heterocycles. The number of ether oxygens (including phenoxy) is 1. The summed E-state index contributed by atoms with van der Waals surface area (Å²) in [7, 11) is 0. The van der Waals surface area contributed by atoms with E-state index in [2.05, 4.69) is 26.7 Å². The minimum Gasteiger partial charge on any atom is -0.598 e. The highest BCUT2D eigenvalue weighted by Gasteiger charge is 2.42. The van der Waals surface area contributed by atoms with Gasteiger partial charge in [0.25, 0.3) is 0 Å². The fraction of sp³-hybridized carbons (Fsp3) is 0.722. The van der Waals surface area contributed by atoms with Gasteiger partial charge in [-0.15, -0.1) is 16.1 Å². The van der Waals surface area contributed by atoms with Crippen LogP contribution < -0.4 is 4.72 Å². The van der Waals surface area contributed by atoms with Gasteiger partial charge in [0.2, 0.25) is 0 Å². The normalized spacial score (nSPS) is 21.0. The average molecular weight is 482 g/mol. The lowest BCUT2D eigenvalue weighted by Crippen LogP contribution is -2.50. The van der Waals surface area contributed by atoms with E-state index in [1.807, 2.05) is 33.8 Å². The van der Waals surface area contributed by atoms with Crippen LogP contribution in [0, 0.1) is 16.7 Å². The van der Waals surface area contributed by atoms with Gasteiger partial charge in [-0.2, -0.15) is 5.26 Å². The van der Waals surface area contributed by atoms with Crippen LogP contribution in [0.25, 0.3) is 0 Å². The fourth-order valence-electron chi connectivity index (χ4n) is 2.95. The molecule has 1 saturated heterocycles. The molecular weight excluding hydrogens is 456 g/mol. The number of halogens is 2. The van der Waals surface area contributed by atoms with Gasteiger partial charge in [-0.05, 0) is 75.4 Å². The first-order chi connectivity index (χ1) is 12.0. The molecule has 1 aliphatic heterocycles. The lowest BCUT2D eigenvalue weighted by molar-refractivity contribution is 0.0333. The summed E-state index contributed by atoms with van der Waals surface area (Å²) in [6, 6.07) is 4.39. The molecular formula is C18H26BrClN2O2S2. The Morgan fingerprint density at radius 3 is 2.50 bits per heavy atom. The van der Waals surface area contributed by atoms with Crippen molar-refractivity contribution in [3.8, 4) is 6.07 Å². The maximum absolute atomic E-state index is 12.8. The van der Waals surface area contributed by atoms with E-state index < -0.39 is 21.6 Å². The number of nitrogens with zero attached hydrogens (tertiary/aromatic N) is 1. The van der Waals surface area contributed by atoms with Gasteiger partial charge >= 0.3 is 0 Å². The second kappa shape index (κ2) is 8.69. The first-order valence-corrected chi connectivity index (χ1v) is 11.8. The van der Waals surface area contributed by atoms with E-state index in [1.165, 1.54) is 0 Å². The van der Waals surface area contributed by atoms with Crippen LogP contribution in [0.5, 0.6) is 0 Å². The van der Waals surface area contributed by atoms with Crippen molar-refractivity contribution in [2.75, 3.05) is 13.2 Å². The van der Waals surface area contributed by atoms with Crippen molar-refractivity contribution in [3.05, 3.63) is 19.8 Å². The maximum Gasteiger partial charge on any atom is 0.136 e. The second-order valence-corrected chi connectivity index (χ2v) is 12.9. The molecule has 1 aromatic heterocycles. The predicted molar refractivity (Wildman–Crippen MR) is 113 cm³/mol. The van der Waals surface area contributed by atoms with Crippen molar-refractivity contribution in [1.29, 1.82) is 5.26 Å². The standard InChI is InChI=1S/C18H26BrClN2O2S2/c1-16(2,3)26(23)22-17(4,15-13(20)11-14(19)25-15)5-6-18(12-21)7-9-24-10-8-18/h11,22H,5-10H2,1-4H3/t17-,26?/m0/s1. The molecule has 4 nitrogen and oxygen atoms in total. The van der Waals surface area contributed by atoms with Gasteiger partial charge < -0.3 is 9.29 Å². The molecule has 1 aliphatic rings. The van der Waals surface area contributed by atoms with Crippen LogP contribution in [0.1, 0.15) is 58.3 Å². The number of nitriles is 1. The largest absolute Gasteiger partial charge is 0.598 e. The summed E-state index contributed by atoms with van der Waals surface area (Å²) in [5.41, 5.74) is -0.959. The Hall–Kier alpha value is 0.190. The van der Waals surface area contributed by atoms with E-state index in [0.29, 0.717) is 31.1 Å². The molecule has 146 valence electrons. The van der Waals surface area contributed by atoms with Crippen molar-refractivity contribution in [1.82, 2.24) is 4.72 Å². The van der Waals surface area contributed by atoms with E-state index in [-0.39, 0.29) is 5.41 Å². The van der Waals surface area contributed by atoms with Crippen molar-refractivity contribution < 1.29 is 9.29 Å². The Labute approximate surface area is 177 Å². The number of rotatable bonds is 6. The molecule has 1 N–H and O–H groups in total. The van der Waals surface area contributed by atoms with Crippen LogP contribution in [-0.4, -0.2) is 22.5 Å². The summed E-state index contributed by atoms with van der Waals surface area (Å²) in [6.45, 7) is 9.10. The Morgan fingerprint density at radius 1 is 1.42 bits per heavy atom. The van der Waals surface area contributed by atoms with E-state index in [0.717, 1.165) is 21.5 Å². The summed E-state index contributed by atoms with van der Waals surface area (Å²) in [5.74, 6) is 0. The van der Waals surface area contributed by atoms with Crippen LogP contribution in [0.15, 0.2) is 9.85 Å². The summed E-state index contributed by atoms with van der Waals surface area (Å²) >= 11 is 10.3. The highest BCUT2D eigenvalue weighted by atomic mass is 79.9. The van der Waals surface area contributed by atoms with Crippen molar-refractivity contribution in [2.24, 2.45) is 5.41 Å². The molecule has 2 atom stereocenters. The number of nitrogens with one attached hydrogen (secondary N) is 1. The van der Waals surface area contributed by atoms with Crippen LogP contribution in [0.3, 0.4) is 0 Å². The van der Waals surface area contributed by atoms with Crippen molar-refractivity contribution in [3.63, 3.8) is 0 Å². The van der Waals surface area contributed by atoms with Gasteiger partial charge in [0.1, 0.15) is 4.75 Å². The molecule has 26 heavy (non-hydrogen) atoms. The maximum atomic E-state index is 12.8. The van der Waals surface area contributed by atoms with Crippen molar-refractivity contribution >= 4 is 50.2 Å². The molecule has 0 saturated carbocycles. The minimum absolute atomic E-state index is 0.384. The van der Waals surface area contributed by atoms with Gasteiger partial charge in [-0.25, -0.2) is 0 Å². The molecule has 1 unspecified atom stereocenters. The third-order valence-electron chi connectivity index (χ3n) is 4.82. The quantitative estimate of drug-likeness (QED) is 0.542. The van der Waals surface area contributed by atoms with Gasteiger partial charge in [0.15, 0.2) is 0 Å². The molecule has 0 amide bonds. The van der Waals surface area contributed by atoms with E-state index in [1.54, 1.807) is 11.3 Å². The van der Waals surface area contributed by atoms with Gasteiger partial charge in [0, 0.05) is 29.5 Å². The Balaban J connectivity index is 2.28. The summed E-state index contributed by atoms with van der Waals surface area (Å²) in [6.07, 6.45) is 2.87. The van der Waals surface area contributed by atoms with Crippen LogP contribution in [0.4, 0.5) is 0 Å². The molecule has 0 bridgehead atoms. The van der Waals surface area contributed by atoms with Crippen molar-refractivity contribution in [2.45, 2.75) is 63.7 Å². The summed E-state index contributed by atoms with van der Waals surface area (Å²) in [5, 5.41) is 10.4. The SMILES string of the molecule is CC(C)(C)[S+]([O-])N[C@@](C)(CCC1(C#N)CCOCC1)c1sc(Br)cc1Cl. The van der Waals surface area contributed by atoms with E-state index >= 15 is 0 Å². The molecule has 8 heteroatoms. The lowest BCUT2D eigenvalue weighted by atomic mass is 9.75. The Morgan fingerprint density at radius 2 is 2.04 bits per heavy atom. The summed E-state index contributed by atoms with van der Waals surface area (Å²) in [4.78, 5) is 0.948. The zero-order valence-electron chi connectivity index (χ0n) is 15.7. The first-order valence-electron chi connectivity index (χ1n) is 8.65. The zero-order valence-corrected chi connectivity index (χ0v) is 19.6. The lowest BCUT2D eigenvalue weighted by Gasteiger charge is -2.38. The molecule has 0 aliphatic carbocycles. The third kappa shape index (κ3) is 5.38. The predicted octanol–water partition coefficient (Wildman–Crippen LogP) is 5.53. The second-order valence-electron chi connectivity index (χ2n) is 8.05. The molecule has 0 aromatic carbocycles. The Kier molecular flexibility index (Phi) is 7.51. The first kappa shape index (κ1) is 22.5. The monoisotopic (exact) mass is 480 g/mol. The molecule has 0 spiro atoms. The Bertz CT molecular complexity index is 665. The van der Waals surface area contributed by atoms with Crippen LogP contribution >= 0.6 is 38.9 Å². The topological polar surface area (TPSA) is 68.1 Å². The van der Waals surface area contributed by atoms with Crippen LogP contribution in [0.2, 0.25) is 5.02 Å². The zero-order chi connectivity index (χ0) is 19.6. The van der Waals surface area contributed by atoms with Gasteiger partial charge in [-0.3, -0.25) is 0 Å². The van der Waals surface area contributed by atoms with Gasteiger partial charge in [-0.1, -0.05) is 11.6 Å². The van der Waals surface area contributed by atoms with Crippen LogP contribution in [-0.2, 0) is 21.6 Å². The van der Waals surface area contributed by atoms with E-state index in [9.17, 15) is 9.81 Å².